The van der Waals surface area contributed by atoms with Crippen molar-refractivity contribution in [1.29, 1.82) is 0 Å². The summed E-state index contributed by atoms with van der Waals surface area (Å²) >= 11 is 1.15. The van der Waals surface area contributed by atoms with Crippen molar-refractivity contribution < 1.29 is 27.5 Å². The second-order valence-corrected chi connectivity index (χ2v) is 9.26. The molecule has 0 bridgehead atoms. The molecular weight excluding hydrogens is 430 g/mol. The molecule has 11 heteroatoms. The highest BCUT2D eigenvalue weighted by molar-refractivity contribution is 7.89. The predicted molar refractivity (Wildman–Crippen MR) is 111 cm³/mol. The van der Waals surface area contributed by atoms with Gasteiger partial charge in [-0.15, -0.1) is 11.3 Å². The van der Waals surface area contributed by atoms with Crippen LogP contribution in [0.5, 0.6) is 0 Å². The van der Waals surface area contributed by atoms with E-state index in [0.29, 0.717) is 37.9 Å². The number of hydrogen-bond acceptors (Lipinski definition) is 8. The van der Waals surface area contributed by atoms with E-state index >= 15 is 0 Å². The summed E-state index contributed by atoms with van der Waals surface area (Å²) in [4.78, 5) is 28.0. The number of nitrogens with zero attached hydrogens (tertiary/aromatic N) is 2. The first-order valence-corrected chi connectivity index (χ1v) is 11.8. The summed E-state index contributed by atoms with van der Waals surface area (Å²) in [5.74, 6) is -0.772. The van der Waals surface area contributed by atoms with Crippen molar-refractivity contribution in [2.75, 3.05) is 38.2 Å². The third kappa shape index (κ3) is 5.63. The minimum atomic E-state index is -3.53. The van der Waals surface area contributed by atoms with E-state index in [1.165, 1.54) is 9.69 Å². The molecule has 9 nitrogen and oxygen atoms in total. The zero-order valence-electron chi connectivity index (χ0n) is 16.5. The van der Waals surface area contributed by atoms with Gasteiger partial charge in [0.05, 0.1) is 24.7 Å². The molecule has 0 unspecified atom stereocenters. The first-order chi connectivity index (χ1) is 14.4. The van der Waals surface area contributed by atoms with Crippen LogP contribution in [-0.2, 0) is 30.7 Å². The summed E-state index contributed by atoms with van der Waals surface area (Å²) in [5, 5.41) is 4.51. The number of carbonyl (C=O) groups excluding carboxylic acids is 2. The van der Waals surface area contributed by atoms with Crippen molar-refractivity contribution in [2.24, 2.45) is 0 Å². The van der Waals surface area contributed by atoms with Gasteiger partial charge < -0.3 is 14.8 Å². The maximum atomic E-state index is 12.6. The van der Waals surface area contributed by atoms with Crippen LogP contribution in [0.25, 0.3) is 0 Å². The highest BCUT2D eigenvalue weighted by atomic mass is 32.2. The van der Waals surface area contributed by atoms with Gasteiger partial charge in [0.1, 0.15) is 0 Å². The Morgan fingerprint density at radius 2 is 1.93 bits per heavy atom. The number of anilines is 1. The number of aromatic nitrogens is 1. The van der Waals surface area contributed by atoms with E-state index in [4.69, 9.17) is 9.47 Å². The quantitative estimate of drug-likeness (QED) is 0.607. The van der Waals surface area contributed by atoms with Crippen LogP contribution in [0.3, 0.4) is 0 Å². The lowest BCUT2D eigenvalue weighted by Gasteiger charge is -2.26. The lowest BCUT2D eigenvalue weighted by atomic mass is 10.1. The molecule has 0 aliphatic carbocycles. The van der Waals surface area contributed by atoms with Gasteiger partial charge >= 0.3 is 5.97 Å². The number of amides is 1. The van der Waals surface area contributed by atoms with E-state index < -0.39 is 16.0 Å². The zero-order chi connectivity index (χ0) is 21.6. The van der Waals surface area contributed by atoms with Crippen LogP contribution in [0.1, 0.15) is 29.4 Å². The molecular formula is C19H23N3O6S2. The Morgan fingerprint density at radius 3 is 2.60 bits per heavy atom. The summed E-state index contributed by atoms with van der Waals surface area (Å²) < 4.78 is 36.7. The van der Waals surface area contributed by atoms with Crippen LogP contribution >= 0.6 is 11.3 Å². The SMILES string of the molecule is CCOC(=O)c1csc(NC(=O)CCc2ccc(S(=O)(=O)N3CCOCC3)cc2)n1. The van der Waals surface area contributed by atoms with E-state index in [1.54, 1.807) is 31.2 Å². The second-order valence-electron chi connectivity index (χ2n) is 6.47. The Hall–Kier alpha value is -2.34. The average Bonchev–Trinajstić information content (AvgIpc) is 3.22. The van der Waals surface area contributed by atoms with Crippen LogP contribution < -0.4 is 5.32 Å². The number of rotatable bonds is 8. The van der Waals surface area contributed by atoms with Crippen LogP contribution in [0, 0.1) is 0 Å². The topological polar surface area (TPSA) is 115 Å². The predicted octanol–water partition coefficient (Wildman–Crippen LogP) is 1.91. The van der Waals surface area contributed by atoms with Crippen molar-refractivity contribution in [3.63, 3.8) is 0 Å². The molecule has 3 rings (SSSR count). The van der Waals surface area contributed by atoms with Crippen LogP contribution in [0.15, 0.2) is 34.5 Å². The molecule has 30 heavy (non-hydrogen) atoms. The second kappa shape index (κ2) is 10.1. The van der Waals surface area contributed by atoms with Crippen molar-refractivity contribution in [3.05, 3.63) is 40.9 Å². The summed E-state index contributed by atoms with van der Waals surface area (Å²) in [5.41, 5.74) is 1.01. The Balaban J connectivity index is 1.52. The number of ether oxygens (including phenoxy) is 2. The molecule has 1 aromatic heterocycles. The molecule has 162 valence electrons. The summed E-state index contributed by atoms with van der Waals surface area (Å²) in [6.45, 7) is 3.44. The fourth-order valence-electron chi connectivity index (χ4n) is 2.83. The van der Waals surface area contributed by atoms with Gasteiger partial charge in [0.25, 0.3) is 0 Å². The molecule has 1 saturated heterocycles. The first kappa shape index (κ1) is 22.3. The van der Waals surface area contributed by atoms with Gasteiger partial charge in [-0.3, -0.25) is 4.79 Å². The largest absolute Gasteiger partial charge is 0.461 e. The lowest BCUT2D eigenvalue weighted by molar-refractivity contribution is -0.116. The number of aryl methyl sites for hydroxylation is 1. The zero-order valence-corrected chi connectivity index (χ0v) is 18.1. The van der Waals surface area contributed by atoms with Crippen molar-refractivity contribution in [1.82, 2.24) is 9.29 Å². The lowest BCUT2D eigenvalue weighted by Crippen LogP contribution is -2.40. The maximum Gasteiger partial charge on any atom is 0.357 e. The van der Waals surface area contributed by atoms with Crippen molar-refractivity contribution >= 4 is 38.4 Å². The van der Waals surface area contributed by atoms with Gasteiger partial charge in [0.2, 0.25) is 15.9 Å². The minimum absolute atomic E-state index is 0.161. The Kier molecular flexibility index (Phi) is 7.53. The average molecular weight is 454 g/mol. The fourth-order valence-corrected chi connectivity index (χ4v) is 4.94. The Morgan fingerprint density at radius 1 is 1.23 bits per heavy atom. The third-order valence-corrected chi connectivity index (χ3v) is 7.08. The molecule has 2 aromatic rings. The van der Waals surface area contributed by atoms with Crippen molar-refractivity contribution in [3.8, 4) is 0 Å². The molecule has 0 radical (unpaired) electrons. The number of nitrogens with one attached hydrogen (secondary N) is 1. The monoisotopic (exact) mass is 453 g/mol. The molecule has 1 fully saturated rings. The van der Waals surface area contributed by atoms with Gasteiger partial charge in [0, 0.05) is 24.9 Å². The van der Waals surface area contributed by atoms with E-state index in [1.807, 2.05) is 0 Å². The fraction of sp³-hybridized carbons (Fsp3) is 0.421. The third-order valence-electron chi connectivity index (χ3n) is 4.41. The molecule has 0 saturated carbocycles. The van der Waals surface area contributed by atoms with Gasteiger partial charge in [-0.2, -0.15) is 4.31 Å². The number of carbonyl (C=O) groups is 2. The molecule has 1 aromatic carbocycles. The summed E-state index contributed by atoms with van der Waals surface area (Å²) in [7, 11) is -3.53. The van der Waals surface area contributed by atoms with Gasteiger partial charge in [0.15, 0.2) is 10.8 Å². The molecule has 1 amide bonds. The number of benzene rings is 1. The molecule has 2 heterocycles. The minimum Gasteiger partial charge on any atom is -0.461 e. The molecule has 0 atom stereocenters. The van der Waals surface area contributed by atoms with Crippen LogP contribution in [-0.4, -0.2) is 62.5 Å². The van der Waals surface area contributed by atoms with E-state index in [9.17, 15) is 18.0 Å². The highest BCUT2D eigenvalue weighted by Crippen LogP contribution is 2.19. The van der Waals surface area contributed by atoms with Gasteiger partial charge in [-0.1, -0.05) is 12.1 Å². The molecule has 1 N–H and O–H groups in total. The normalized spacial score (nSPS) is 15.0. The highest BCUT2D eigenvalue weighted by Gasteiger charge is 2.26. The number of sulfonamides is 1. The number of esters is 1. The van der Waals surface area contributed by atoms with E-state index in [-0.39, 0.29) is 29.5 Å². The molecule has 1 aliphatic rings. The maximum absolute atomic E-state index is 12.6. The van der Waals surface area contributed by atoms with Crippen molar-refractivity contribution in [2.45, 2.75) is 24.7 Å². The Labute approximate surface area is 179 Å². The summed E-state index contributed by atoms with van der Waals surface area (Å²) in [6.07, 6.45) is 0.643. The Bertz CT molecular complexity index is 982. The number of thiazole rings is 1. The van der Waals surface area contributed by atoms with Crippen LogP contribution in [0.2, 0.25) is 0 Å². The molecule has 0 spiro atoms. The van der Waals surface area contributed by atoms with Gasteiger partial charge in [-0.25, -0.2) is 18.2 Å². The molecule has 1 aliphatic heterocycles. The van der Waals surface area contributed by atoms with Gasteiger partial charge in [-0.05, 0) is 31.0 Å². The van der Waals surface area contributed by atoms with E-state index in [0.717, 1.165) is 16.9 Å². The summed E-state index contributed by atoms with van der Waals surface area (Å²) in [6, 6.07) is 6.54. The smallest absolute Gasteiger partial charge is 0.357 e. The van der Waals surface area contributed by atoms with Crippen LogP contribution in [0.4, 0.5) is 5.13 Å². The number of morpholine rings is 1. The number of hydrogen-bond donors (Lipinski definition) is 1. The standard InChI is InChI=1S/C19H23N3O6S2/c1-2-28-18(24)16-13-29-19(20-16)21-17(23)8-5-14-3-6-15(7-4-14)30(25,26)22-9-11-27-12-10-22/h3-4,6-7,13H,2,5,8-12H2,1H3,(H,20,21,23). The first-order valence-electron chi connectivity index (χ1n) is 9.49. The van der Waals surface area contributed by atoms with E-state index in [2.05, 4.69) is 10.3 Å².